The Hall–Kier alpha value is -3.27. The molecule has 2 aromatic rings. The van der Waals surface area contributed by atoms with Crippen LogP contribution in [0.3, 0.4) is 0 Å². The fourth-order valence-electron chi connectivity index (χ4n) is 5.27. The van der Waals surface area contributed by atoms with Gasteiger partial charge < -0.3 is 49.6 Å². The average molecular weight is 605 g/mol. The quantitative estimate of drug-likeness (QED) is 0.154. The molecule has 6 N–H and O–H groups in total. The lowest BCUT2D eigenvalue weighted by molar-refractivity contribution is -0.242. The zero-order valence-electron chi connectivity index (χ0n) is 23.6. The molecule has 0 aromatic heterocycles. The number of esters is 2. The minimum atomic E-state index is -1.55. The second kappa shape index (κ2) is 14.0. The summed E-state index contributed by atoms with van der Waals surface area (Å²) in [6.45, 7) is 1.44. The van der Waals surface area contributed by atoms with Gasteiger partial charge >= 0.3 is 11.9 Å². The van der Waals surface area contributed by atoms with Crippen LogP contribution in [0.2, 0.25) is 0 Å². The molecule has 10 atom stereocenters. The molecule has 0 radical (unpaired) electrons. The van der Waals surface area contributed by atoms with E-state index >= 15 is 0 Å². The van der Waals surface area contributed by atoms with Gasteiger partial charge in [-0.1, -0.05) is 42.5 Å². The van der Waals surface area contributed by atoms with Crippen molar-refractivity contribution < 1.29 is 64.0 Å². The van der Waals surface area contributed by atoms with E-state index in [1.807, 2.05) is 0 Å². The largest absolute Gasteiger partial charge is 0.463 e. The molecule has 2 heterocycles. The predicted molar refractivity (Wildman–Crippen MR) is 145 cm³/mol. The van der Waals surface area contributed by atoms with Crippen molar-refractivity contribution in [3.8, 4) is 0 Å². The third-order valence-electron chi connectivity index (χ3n) is 7.54. The van der Waals surface area contributed by atoms with Gasteiger partial charge in [-0.15, -0.1) is 0 Å². The Morgan fingerprint density at radius 3 is 2.00 bits per heavy atom. The Morgan fingerprint density at radius 2 is 1.37 bits per heavy atom. The molecule has 43 heavy (non-hydrogen) atoms. The summed E-state index contributed by atoms with van der Waals surface area (Å²) in [6, 6.07) is 12.8. The Kier molecular flexibility index (Phi) is 10.6. The minimum absolute atomic E-state index is 0.0152. The summed E-state index contributed by atoms with van der Waals surface area (Å²) in [5.41, 5.74) is 1.77. The van der Waals surface area contributed by atoms with Crippen molar-refractivity contribution in [2.75, 3.05) is 13.2 Å². The van der Waals surface area contributed by atoms with E-state index in [-0.39, 0.29) is 18.8 Å². The molecule has 2 aromatic carbocycles. The van der Waals surface area contributed by atoms with Crippen LogP contribution < -0.4 is 0 Å². The van der Waals surface area contributed by atoms with E-state index in [1.54, 1.807) is 42.5 Å². The third-order valence-corrected chi connectivity index (χ3v) is 7.54. The lowest BCUT2D eigenvalue weighted by Crippen LogP contribution is -2.57. The lowest BCUT2D eigenvalue weighted by atomic mass is 9.89. The van der Waals surface area contributed by atoms with Gasteiger partial charge in [0.15, 0.2) is 11.9 Å². The summed E-state index contributed by atoms with van der Waals surface area (Å²) < 4.78 is 21.6. The number of hydrogen-bond donors (Lipinski definition) is 6. The van der Waals surface area contributed by atoms with E-state index in [0.717, 1.165) is 6.92 Å². The number of aliphatic hydroxyl groups excluding tert-OH is 6. The van der Waals surface area contributed by atoms with Gasteiger partial charge in [-0.05, 0) is 22.8 Å². The molecule has 0 aliphatic carbocycles. The molecule has 2 fully saturated rings. The van der Waals surface area contributed by atoms with E-state index in [1.165, 1.54) is 13.0 Å². The molecule has 234 valence electrons. The topological polar surface area (TPSA) is 210 Å². The Balaban J connectivity index is 1.46. The van der Waals surface area contributed by atoms with Gasteiger partial charge in [-0.25, -0.2) is 0 Å². The second-order valence-corrected chi connectivity index (χ2v) is 10.7. The van der Waals surface area contributed by atoms with E-state index in [0.29, 0.717) is 22.3 Å². The van der Waals surface area contributed by atoms with E-state index in [9.17, 15) is 45.0 Å². The first-order chi connectivity index (χ1) is 20.4. The summed E-state index contributed by atoms with van der Waals surface area (Å²) in [5.74, 6) is -1.58. The molecule has 2 aliphatic rings. The van der Waals surface area contributed by atoms with Crippen molar-refractivity contribution in [2.45, 2.75) is 81.3 Å². The zero-order chi connectivity index (χ0) is 31.4. The van der Waals surface area contributed by atoms with Crippen LogP contribution in [0.4, 0.5) is 0 Å². The number of benzene rings is 2. The van der Waals surface area contributed by atoms with Crippen molar-refractivity contribution in [1.29, 1.82) is 0 Å². The molecule has 0 amide bonds. The maximum Gasteiger partial charge on any atom is 0.303 e. The van der Waals surface area contributed by atoms with Crippen LogP contribution in [0.5, 0.6) is 0 Å². The highest BCUT2D eigenvalue weighted by Gasteiger charge is 2.47. The molecule has 4 rings (SSSR count). The SMILES string of the molecule is CC(=O)OC[C@H]1O[C@H](c2ccc(CC(=O)c3cccc([C@H]4O[C@H](CO)[C@@H](O)[C@H](O)[C@@H]4O)c3)cc2)[C@@H](O)[C@@H](O)[C@@H]1OC(C)=O. The number of Topliss-reactive ketones (excluding diaryl/α,β-unsaturated/α-hetero) is 1. The van der Waals surface area contributed by atoms with Crippen LogP contribution >= 0.6 is 0 Å². The highest BCUT2D eigenvalue weighted by molar-refractivity contribution is 5.97. The van der Waals surface area contributed by atoms with Gasteiger partial charge in [0.25, 0.3) is 0 Å². The normalized spacial score (nSPS) is 32.6. The van der Waals surface area contributed by atoms with Crippen LogP contribution in [0.1, 0.15) is 53.1 Å². The molecular formula is C30H36O13. The van der Waals surface area contributed by atoms with Crippen molar-refractivity contribution in [3.05, 3.63) is 70.8 Å². The molecule has 0 saturated carbocycles. The van der Waals surface area contributed by atoms with Crippen molar-refractivity contribution in [3.63, 3.8) is 0 Å². The van der Waals surface area contributed by atoms with E-state index in [4.69, 9.17) is 18.9 Å². The molecular weight excluding hydrogens is 568 g/mol. The summed E-state index contributed by atoms with van der Waals surface area (Å²) in [6.07, 6.45) is -13.1. The van der Waals surface area contributed by atoms with Crippen LogP contribution in [-0.2, 0) is 35.0 Å². The first kappa shape index (κ1) is 32.6. The van der Waals surface area contributed by atoms with E-state index in [2.05, 4.69) is 0 Å². The number of hydrogen-bond acceptors (Lipinski definition) is 13. The Morgan fingerprint density at radius 1 is 0.744 bits per heavy atom. The Labute approximate surface area is 247 Å². The van der Waals surface area contributed by atoms with Crippen molar-refractivity contribution >= 4 is 17.7 Å². The van der Waals surface area contributed by atoms with Gasteiger partial charge in [0.1, 0.15) is 61.5 Å². The zero-order valence-corrected chi connectivity index (χ0v) is 23.6. The van der Waals surface area contributed by atoms with Gasteiger partial charge in [0, 0.05) is 25.8 Å². The van der Waals surface area contributed by atoms with Crippen molar-refractivity contribution in [2.24, 2.45) is 0 Å². The average Bonchev–Trinajstić information content (AvgIpc) is 2.98. The molecule has 0 spiro atoms. The molecule has 2 aliphatic heterocycles. The number of ether oxygens (including phenoxy) is 4. The van der Waals surface area contributed by atoms with Gasteiger partial charge in [0.05, 0.1) is 6.61 Å². The van der Waals surface area contributed by atoms with Gasteiger partial charge in [-0.3, -0.25) is 14.4 Å². The smallest absolute Gasteiger partial charge is 0.303 e. The number of carbonyl (C=O) groups is 3. The monoisotopic (exact) mass is 604 g/mol. The summed E-state index contributed by atoms with van der Waals surface area (Å²) in [5, 5.41) is 61.5. The van der Waals surface area contributed by atoms with Crippen LogP contribution in [0.15, 0.2) is 48.5 Å². The molecule has 0 bridgehead atoms. The number of rotatable bonds is 9. The maximum atomic E-state index is 13.1. The fourth-order valence-corrected chi connectivity index (χ4v) is 5.27. The standard InChI is InChI=1S/C30H36O13/c1-14(32)40-13-22-30(41-15(2)33)27(39)26(38)28(43-22)17-8-6-16(7-9-17)10-20(34)18-4-3-5-19(11-18)29-25(37)24(36)23(35)21(12-31)42-29/h3-9,11,21-31,35-39H,10,12-13H2,1-2H3/t21-,22-,23-,24+,25+,26+,27-,28-,29-,30-/m1/s1. The third kappa shape index (κ3) is 7.45. The number of carbonyl (C=O) groups excluding carboxylic acids is 3. The summed E-state index contributed by atoms with van der Waals surface area (Å²) in [7, 11) is 0. The lowest BCUT2D eigenvalue weighted by Gasteiger charge is -2.42. The van der Waals surface area contributed by atoms with Crippen LogP contribution in [-0.4, -0.2) is 110 Å². The predicted octanol–water partition coefficient (Wildman–Crippen LogP) is -0.717. The summed E-state index contributed by atoms with van der Waals surface area (Å²) >= 11 is 0. The summed E-state index contributed by atoms with van der Waals surface area (Å²) in [4.78, 5) is 36.0. The first-order valence-corrected chi connectivity index (χ1v) is 13.8. The second-order valence-electron chi connectivity index (χ2n) is 10.7. The minimum Gasteiger partial charge on any atom is -0.463 e. The molecule has 13 nitrogen and oxygen atoms in total. The Bertz CT molecular complexity index is 1280. The van der Waals surface area contributed by atoms with E-state index < -0.39 is 79.6 Å². The fraction of sp³-hybridized carbons (Fsp3) is 0.500. The highest BCUT2D eigenvalue weighted by Crippen LogP contribution is 2.35. The van der Waals surface area contributed by atoms with Gasteiger partial charge in [0.2, 0.25) is 0 Å². The highest BCUT2D eigenvalue weighted by atomic mass is 16.6. The van der Waals surface area contributed by atoms with Gasteiger partial charge in [-0.2, -0.15) is 0 Å². The molecule has 13 heteroatoms. The van der Waals surface area contributed by atoms with Crippen LogP contribution in [0.25, 0.3) is 0 Å². The number of aliphatic hydroxyl groups is 6. The van der Waals surface area contributed by atoms with Crippen LogP contribution in [0, 0.1) is 0 Å². The maximum absolute atomic E-state index is 13.1. The first-order valence-electron chi connectivity index (χ1n) is 13.8. The van der Waals surface area contributed by atoms with Crippen molar-refractivity contribution in [1.82, 2.24) is 0 Å². The number of ketones is 1. The molecule has 0 unspecified atom stereocenters. The molecule has 2 saturated heterocycles.